The first kappa shape index (κ1) is 18.5. The van der Waals surface area contributed by atoms with Gasteiger partial charge in [-0.15, -0.1) is 0 Å². The molecule has 0 bridgehead atoms. The maximum atomic E-state index is 9.10. The number of aliphatic hydroxyl groups is 1. The Hall–Kier alpha value is -2.84. The van der Waals surface area contributed by atoms with Crippen molar-refractivity contribution in [3.63, 3.8) is 0 Å². The van der Waals surface area contributed by atoms with Crippen LogP contribution < -0.4 is 10.2 Å². The normalized spacial score (nSPS) is 16.4. The standard InChI is InChI=1S/C20H24N6O2/c1-26(12-15-11-22-16-4-2-3-5-17(16)23-15)19-10-18(14-6-9-28-13-14)24-20(25-19)21-7-8-27/h2-5,10-11,14,27H,6-9,12-13H2,1H3,(H,21,24,25)/t14-/m0/s1. The molecule has 3 heterocycles. The fourth-order valence-electron chi connectivity index (χ4n) is 3.27. The monoisotopic (exact) mass is 380 g/mol. The van der Waals surface area contributed by atoms with Gasteiger partial charge in [-0.3, -0.25) is 4.98 Å². The van der Waals surface area contributed by atoms with Gasteiger partial charge in [0.1, 0.15) is 5.82 Å². The molecule has 1 atom stereocenters. The van der Waals surface area contributed by atoms with Gasteiger partial charge < -0.3 is 20.1 Å². The van der Waals surface area contributed by atoms with E-state index >= 15 is 0 Å². The summed E-state index contributed by atoms with van der Waals surface area (Å²) in [6.07, 6.45) is 2.76. The molecule has 0 unspecified atom stereocenters. The van der Waals surface area contributed by atoms with Crippen molar-refractivity contribution < 1.29 is 9.84 Å². The fourth-order valence-corrected chi connectivity index (χ4v) is 3.27. The molecule has 1 fully saturated rings. The summed E-state index contributed by atoms with van der Waals surface area (Å²) in [4.78, 5) is 20.4. The van der Waals surface area contributed by atoms with Crippen LogP contribution in [0.15, 0.2) is 36.5 Å². The molecule has 1 aliphatic rings. The quantitative estimate of drug-likeness (QED) is 0.642. The summed E-state index contributed by atoms with van der Waals surface area (Å²) in [5, 5.41) is 12.2. The third-order valence-corrected chi connectivity index (χ3v) is 4.76. The van der Waals surface area contributed by atoms with E-state index in [1.165, 1.54) is 0 Å². The maximum Gasteiger partial charge on any atom is 0.224 e. The lowest BCUT2D eigenvalue weighted by molar-refractivity contribution is 0.193. The molecule has 2 N–H and O–H groups in total. The number of hydrogen-bond acceptors (Lipinski definition) is 8. The summed E-state index contributed by atoms with van der Waals surface area (Å²) in [6.45, 7) is 2.44. The van der Waals surface area contributed by atoms with Crippen LogP contribution in [0, 0.1) is 0 Å². The van der Waals surface area contributed by atoms with Gasteiger partial charge in [-0.1, -0.05) is 12.1 Å². The Kier molecular flexibility index (Phi) is 5.59. The van der Waals surface area contributed by atoms with Crippen LogP contribution in [0.2, 0.25) is 0 Å². The van der Waals surface area contributed by atoms with Crippen LogP contribution >= 0.6 is 0 Å². The predicted octanol–water partition coefficient (Wildman–Crippen LogP) is 1.96. The highest BCUT2D eigenvalue weighted by atomic mass is 16.5. The first-order chi connectivity index (χ1) is 13.7. The zero-order valence-electron chi connectivity index (χ0n) is 15.9. The second kappa shape index (κ2) is 8.45. The molecule has 1 saturated heterocycles. The Morgan fingerprint density at radius 3 is 2.86 bits per heavy atom. The van der Waals surface area contributed by atoms with Gasteiger partial charge in [0, 0.05) is 32.2 Å². The van der Waals surface area contributed by atoms with Crippen molar-refractivity contribution in [3.8, 4) is 0 Å². The lowest BCUT2D eigenvalue weighted by Crippen LogP contribution is -2.21. The molecule has 0 spiro atoms. The van der Waals surface area contributed by atoms with E-state index < -0.39 is 0 Å². The summed E-state index contributed by atoms with van der Waals surface area (Å²) in [7, 11) is 1.98. The van der Waals surface area contributed by atoms with Crippen molar-refractivity contribution >= 4 is 22.8 Å². The van der Waals surface area contributed by atoms with Gasteiger partial charge in [0.25, 0.3) is 0 Å². The smallest absolute Gasteiger partial charge is 0.224 e. The van der Waals surface area contributed by atoms with Gasteiger partial charge in [0.05, 0.1) is 48.4 Å². The Balaban J connectivity index is 1.58. The number of hydrogen-bond donors (Lipinski definition) is 2. The van der Waals surface area contributed by atoms with Gasteiger partial charge in [0.2, 0.25) is 5.95 Å². The van der Waals surface area contributed by atoms with Crippen LogP contribution in [0.4, 0.5) is 11.8 Å². The van der Waals surface area contributed by atoms with Gasteiger partial charge in [-0.25, -0.2) is 9.97 Å². The molecule has 8 nitrogen and oxygen atoms in total. The maximum absolute atomic E-state index is 9.10. The molecule has 146 valence electrons. The van der Waals surface area contributed by atoms with Crippen LogP contribution in [-0.4, -0.2) is 58.5 Å². The zero-order valence-corrected chi connectivity index (χ0v) is 15.9. The third-order valence-electron chi connectivity index (χ3n) is 4.76. The molecule has 1 aromatic carbocycles. The van der Waals surface area contributed by atoms with Crippen molar-refractivity contribution in [2.24, 2.45) is 0 Å². The molecule has 0 amide bonds. The molecule has 0 radical (unpaired) electrons. The highest BCUT2D eigenvalue weighted by molar-refractivity contribution is 5.73. The largest absolute Gasteiger partial charge is 0.395 e. The van der Waals surface area contributed by atoms with Gasteiger partial charge in [-0.05, 0) is 18.6 Å². The number of fused-ring (bicyclic) bond motifs is 1. The summed E-state index contributed by atoms with van der Waals surface area (Å²) >= 11 is 0. The van der Waals surface area contributed by atoms with Crippen LogP contribution in [-0.2, 0) is 11.3 Å². The topological polar surface area (TPSA) is 96.3 Å². The van der Waals surface area contributed by atoms with E-state index in [2.05, 4.69) is 20.3 Å². The lowest BCUT2D eigenvalue weighted by Gasteiger charge is -2.20. The van der Waals surface area contributed by atoms with Gasteiger partial charge in [0.15, 0.2) is 0 Å². The van der Waals surface area contributed by atoms with Gasteiger partial charge >= 0.3 is 0 Å². The highest BCUT2D eigenvalue weighted by Crippen LogP contribution is 2.27. The second-order valence-electron chi connectivity index (χ2n) is 6.89. The number of ether oxygens (including phenoxy) is 1. The summed E-state index contributed by atoms with van der Waals surface area (Å²) in [5.41, 5.74) is 3.59. The molecule has 0 aliphatic carbocycles. The molecule has 28 heavy (non-hydrogen) atoms. The molecule has 8 heteroatoms. The number of aromatic nitrogens is 4. The number of anilines is 2. The minimum Gasteiger partial charge on any atom is -0.395 e. The number of nitrogens with zero attached hydrogens (tertiary/aromatic N) is 5. The highest BCUT2D eigenvalue weighted by Gasteiger charge is 2.21. The molecular weight excluding hydrogens is 356 g/mol. The van der Waals surface area contributed by atoms with Crippen LogP contribution in [0.3, 0.4) is 0 Å². The third kappa shape index (κ3) is 4.18. The molecular formula is C20H24N6O2. The zero-order chi connectivity index (χ0) is 19.3. The summed E-state index contributed by atoms with van der Waals surface area (Å²) < 4.78 is 5.52. The number of aliphatic hydroxyl groups excluding tert-OH is 1. The van der Waals surface area contributed by atoms with Crippen molar-refractivity contribution in [1.82, 2.24) is 19.9 Å². The van der Waals surface area contributed by atoms with E-state index in [1.807, 2.05) is 42.3 Å². The van der Waals surface area contributed by atoms with Gasteiger partial charge in [-0.2, -0.15) is 4.98 Å². The Labute approximate surface area is 163 Å². The van der Waals surface area contributed by atoms with E-state index in [0.717, 1.165) is 41.3 Å². The number of para-hydroxylation sites is 2. The minimum absolute atomic E-state index is 0.0258. The Morgan fingerprint density at radius 2 is 2.07 bits per heavy atom. The van der Waals surface area contributed by atoms with Crippen molar-refractivity contribution in [2.75, 3.05) is 43.6 Å². The number of nitrogens with one attached hydrogen (secondary N) is 1. The molecule has 0 saturated carbocycles. The number of benzene rings is 1. The molecule has 4 rings (SSSR count). The average Bonchev–Trinajstić information content (AvgIpc) is 3.27. The second-order valence-corrected chi connectivity index (χ2v) is 6.89. The van der Waals surface area contributed by atoms with E-state index in [4.69, 9.17) is 14.8 Å². The minimum atomic E-state index is 0.0258. The van der Waals surface area contributed by atoms with Crippen LogP contribution in [0.5, 0.6) is 0 Å². The van der Waals surface area contributed by atoms with Crippen molar-refractivity contribution in [3.05, 3.63) is 47.9 Å². The first-order valence-corrected chi connectivity index (χ1v) is 9.46. The molecule has 2 aromatic heterocycles. The predicted molar refractivity (Wildman–Crippen MR) is 107 cm³/mol. The van der Waals surface area contributed by atoms with Crippen LogP contribution in [0.25, 0.3) is 11.0 Å². The lowest BCUT2D eigenvalue weighted by atomic mass is 10.0. The van der Waals surface area contributed by atoms with E-state index in [0.29, 0.717) is 25.6 Å². The Morgan fingerprint density at radius 1 is 1.21 bits per heavy atom. The van der Waals surface area contributed by atoms with Crippen molar-refractivity contribution in [2.45, 2.75) is 18.9 Å². The van der Waals surface area contributed by atoms with Crippen molar-refractivity contribution in [1.29, 1.82) is 0 Å². The average molecular weight is 380 g/mol. The molecule has 1 aliphatic heterocycles. The summed E-state index contributed by atoms with van der Waals surface area (Å²) in [6, 6.07) is 9.85. The first-order valence-electron chi connectivity index (χ1n) is 9.46. The SMILES string of the molecule is CN(Cc1cnc2ccccc2n1)c1cc([C@H]2CCOC2)nc(NCCO)n1. The Bertz CT molecular complexity index is 945. The van der Waals surface area contributed by atoms with Crippen LogP contribution in [0.1, 0.15) is 23.7 Å². The number of rotatable bonds is 7. The van der Waals surface area contributed by atoms with E-state index in [1.54, 1.807) is 6.20 Å². The molecule has 3 aromatic rings. The van der Waals surface area contributed by atoms with E-state index in [9.17, 15) is 0 Å². The summed E-state index contributed by atoms with van der Waals surface area (Å²) in [5.74, 6) is 1.59. The fraction of sp³-hybridized carbons (Fsp3) is 0.400. The van der Waals surface area contributed by atoms with E-state index in [-0.39, 0.29) is 12.5 Å².